The molecule has 1 aliphatic heterocycles. The molecule has 0 amide bonds. The number of carbonyl (C=O) groups excluding carboxylic acids is 2. The molecule has 0 unspecified atom stereocenters. The number of ether oxygens (including phenoxy) is 3. The Kier molecular flexibility index (Phi) is 4.84. The summed E-state index contributed by atoms with van der Waals surface area (Å²) in [6, 6.07) is 12.5. The zero-order valence-electron chi connectivity index (χ0n) is 14.6. The summed E-state index contributed by atoms with van der Waals surface area (Å²) in [6.45, 7) is 3.22. The van der Waals surface area contributed by atoms with E-state index in [1.54, 1.807) is 24.3 Å². The van der Waals surface area contributed by atoms with Gasteiger partial charge in [0, 0.05) is 12.5 Å². The Morgan fingerprint density at radius 3 is 2.62 bits per heavy atom. The maximum Gasteiger partial charge on any atom is 0.363 e. The fourth-order valence-corrected chi connectivity index (χ4v) is 2.51. The second-order valence-electron chi connectivity index (χ2n) is 5.65. The van der Waals surface area contributed by atoms with Gasteiger partial charge in [-0.25, -0.2) is 9.79 Å². The molecule has 0 saturated heterocycles. The van der Waals surface area contributed by atoms with Gasteiger partial charge in [0.2, 0.25) is 5.90 Å². The standard InChI is InChI=1S/C20H17NO5/c1-12-6-4-5-7-15(12)19-21-16(20(23)26-19)10-14-8-9-17(24-3)18(11-14)25-13(2)22/h4-11H,1-3H3/b16-10-. The fraction of sp³-hybridized carbons (Fsp3) is 0.150. The second-order valence-corrected chi connectivity index (χ2v) is 5.65. The predicted molar refractivity (Wildman–Crippen MR) is 96.1 cm³/mol. The van der Waals surface area contributed by atoms with Gasteiger partial charge in [-0.2, -0.15) is 0 Å². The van der Waals surface area contributed by atoms with Crippen molar-refractivity contribution in [2.24, 2.45) is 4.99 Å². The van der Waals surface area contributed by atoms with Crippen molar-refractivity contribution in [3.05, 3.63) is 64.9 Å². The third kappa shape index (κ3) is 3.64. The number of benzene rings is 2. The molecule has 0 fully saturated rings. The Bertz CT molecular complexity index is 943. The molecule has 6 nitrogen and oxygen atoms in total. The lowest BCUT2D eigenvalue weighted by atomic mass is 10.1. The summed E-state index contributed by atoms with van der Waals surface area (Å²) in [6.07, 6.45) is 1.57. The summed E-state index contributed by atoms with van der Waals surface area (Å²) in [4.78, 5) is 27.7. The minimum absolute atomic E-state index is 0.169. The van der Waals surface area contributed by atoms with Crippen molar-refractivity contribution in [1.82, 2.24) is 0 Å². The van der Waals surface area contributed by atoms with Crippen LogP contribution in [0, 0.1) is 6.92 Å². The van der Waals surface area contributed by atoms with Gasteiger partial charge in [-0.1, -0.05) is 24.3 Å². The summed E-state index contributed by atoms with van der Waals surface area (Å²) in [7, 11) is 1.48. The van der Waals surface area contributed by atoms with Crippen LogP contribution in [0.1, 0.15) is 23.6 Å². The molecular weight excluding hydrogens is 334 g/mol. The number of nitrogens with zero attached hydrogens (tertiary/aromatic N) is 1. The van der Waals surface area contributed by atoms with Crippen molar-refractivity contribution in [3.8, 4) is 11.5 Å². The normalized spacial score (nSPS) is 14.8. The molecule has 132 valence electrons. The van der Waals surface area contributed by atoms with Gasteiger partial charge in [-0.3, -0.25) is 4.79 Å². The number of carbonyl (C=O) groups is 2. The molecule has 26 heavy (non-hydrogen) atoms. The van der Waals surface area contributed by atoms with Gasteiger partial charge in [0.1, 0.15) is 0 Å². The van der Waals surface area contributed by atoms with E-state index in [1.165, 1.54) is 14.0 Å². The summed E-state index contributed by atoms with van der Waals surface area (Å²) in [5.74, 6) is -0.0429. The number of cyclic esters (lactones) is 1. The zero-order chi connectivity index (χ0) is 18.7. The summed E-state index contributed by atoms with van der Waals surface area (Å²) in [5.41, 5.74) is 2.52. The zero-order valence-corrected chi connectivity index (χ0v) is 14.6. The van der Waals surface area contributed by atoms with Crippen LogP contribution < -0.4 is 9.47 Å². The van der Waals surface area contributed by atoms with Gasteiger partial charge >= 0.3 is 11.9 Å². The molecule has 2 aromatic carbocycles. The Morgan fingerprint density at radius 1 is 1.15 bits per heavy atom. The molecule has 1 heterocycles. The molecule has 0 spiro atoms. The molecule has 0 radical (unpaired) electrons. The topological polar surface area (TPSA) is 74.2 Å². The molecule has 2 aromatic rings. The van der Waals surface area contributed by atoms with Crippen LogP contribution in [0.15, 0.2) is 53.2 Å². The quantitative estimate of drug-likeness (QED) is 0.480. The first-order chi connectivity index (χ1) is 12.5. The molecule has 0 bridgehead atoms. The average Bonchev–Trinajstić information content (AvgIpc) is 2.95. The van der Waals surface area contributed by atoms with E-state index in [0.29, 0.717) is 11.3 Å². The van der Waals surface area contributed by atoms with Crippen molar-refractivity contribution >= 4 is 23.9 Å². The number of hydrogen-bond donors (Lipinski definition) is 0. The Hall–Kier alpha value is -3.41. The van der Waals surface area contributed by atoms with Gasteiger partial charge in [-0.15, -0.1) is 0 Å². The summed E-state index contributed by atoms with van der Waals surface area (Å²) in [5, 5.41) is 0. The molecule has 0 atom stereocenters. The number of rotatable bonds is 4. The molecule has 0 saturated carbocycles. The predicted octanol–water partition coefficient (Wildman–Crippen LogP) is 3.27. The van der Waals surface area contributed by atoms with E-state index in [1.807, 2.05) is 31.2 Å². The van der Waals surface area contributed by atoms with Crippen molar-refractivity contribution in [3.63, 3.8) is 0 Å². The van der Waals surface area contributed by atoms with Gasteiger partial charge in [-0.05, 0) is 42.3 Å². The molecule has 0 N–H and O–H groups in total. The van der Waals surface area contributed by atoms with E-state index in [2.05, 4.69) is 4.99 Å². The van der Waals surface area contributed by atoms with E-state index in [-0.39, 0.29) is 17.3 Å². The maximum absolute atomic E-state index is 12.1. The lowest BCUT2D eigenvalue weighted by Crippen LogP contribution is -2.06. The van der Waals surface area contributed by atoms with Gasteiger partial charge < -0.3 is 14.2 Å². The van der Waals surface area contributed by atoms with Gasteiger partial charge in [0.25, 0.3) is 0 Å². The van der Waals surface area contributed by atoms with Crippen LogP contribution >= 0.6 is 0 Å². The highest BCUT2D eigenvalue weighted by atomic mass is 16.6. The van der Waals surface area contributed by atoms with Crippen molar-refractivity contribution in [1.29, 1.82) is 0 Å². The Labute approximate surface area is 150 Å². The highest BCUT2D eigenvalue weighted by Gasteiger charge is 2.25. The Morgan fingerprint density at radius 2 is 1.92 bits per heavy atom. The van der Waals surface area contributed by atoms with E-state index in [0.717, 1.165) is 11.1 Å². The lowest BCUT2D eigenvalue weighted by Gasteiger charge is -2.08. The number of esters is 2. The SMILES string of the molecule is COc1ccc(/C=C2\N=C(c3ccccc3C)OC2=O)cc1OC(C)=O. The Balaban J connectivity index is 1.96. The minimum Gasteiger partial charge on any atom is -0.493 e. The lowest BCUT2D eigenvalue weighted by molar-refractivity contribution is -0.132. The third-order valence-electron chi connectivity index (χ3n) is 3.74. The van der Waals surface area contributed by atoms with Crippen LogP contribution in [-0.2, 0) is 14.3 Å². The number of methoxy groups -OCH3 is 1. The van der Waals surface area contributed by atoms with Crippen LogP contribution in [-0.4, -0.2) is 24.9 Å². The largest absolute Gasteiger partial charge is 0.493 e. The van der Waals surface area contributed by atoms with E-state index < -0.39 is 11.9 Å². The molecule has 3 rings (SSSR count). The highest BCUT2D eigenvalue weighted by Crippen LogP contribution is 2.30. The first-order valence-corrected chi connectivity index (χ1v) is 7.93. The van der Waals surface area contributed by atoms with Crippen LogP contribution in [0.25, 0.3) is 6.08 Å². The van der Waals surface area contributed by atoms with Crippen LogP contribution in [0.5, 0.6) is 11.5 Å². The molecular formula is C20H17NO5. The van der Waals surface area contributed by atoms with Crippen LogP contribution in [0.2, 0.25) is 0 Å². The molecule has 6 heteroatoms. The third-order valence-corrected chi connectivity index (χ3v) is 3.74. The van der Waals surface area contributed by atoms with E-state index >= 15 is 0 Å². The number of aryl methyl sites for hydroxylation is 1. The van der Waals surface area contributed by atoms with E-state index in [9.17, 15) is 9.59 Å². The van der Waals surface area contributed by atoms with Crippen molar-refractivity contribution in [2.45, 2.75) is 13.8 Å². The fourth-order valence-electron chi connectivity index (χ4n) is 2.51. The van der Waals surface area contributed by atoms with Gasteiger partial charge in [0.15, 0.2) is 17.2 Å². The first kappa shape index (κ1) is 17.4. The van der Waals surface area contributed by atoms with Crippen LogP contribution in [0.4, 0.5) is 0 Å². The summed E-state index contributed by atoms with van der Waals surface area (Å²) < 4.78 is 15.6. The second kappa shape index (κ2) is 7.23. The van der Waals surface area contributed by atoms with E-state index in [4.69, 9.17) is 14.2 Å². The molecule has 0 aromatic heterocycles. The minimum atomic E-state index is -0.534. The number of hydrogen-bond acceptors (Lipinski definition) is 6. The van der Waals surface area contributed by atoms with Crippen molar-refractivity contribution < 1.29 is 23.8 Å². The average molecular weight is 351 g/mol. The molecule has 0 aliphatic carbocycles. The number of aliphatic imine (C=N–C) groups is 1. The smallest absolute Gasteiger partial charge is 0.363 e. The highest BCUT2D eigenvalue weighted by molar-refractivity contribution is 6.13. The van der Waals surface area contributed by atoms with Crippen LogP contribution in [0.3, 0.4) is 0 Å². The first-order valence-electron chi connectivity index (χ1n) is 7.93. The van der Waals surface area contributed by atoms with Gasteiger partial charge in [0.05, 0.1) is 7.11 Å². The summed E-state index contributed by atoms with van der Waals surface area (Å²) >= 11 is 0. The monoisotopic (exact) mass is 351 g/mol. The molecule has 1 aliphatic rings. The maximum atomic E-state index is 12.1. The van der Waals surface area contributed by atoms with Crippen molar-refractivity contribution in [2.75, 3.05) is 7.11 Å².